The van der Waals surface area contributed by atoms with Gasteiger partial charge in [0.05, 0.1) is 0 Å². The molecule has 0 atom stereocenters. The van der Waals surface area contributed by atoms with Crippen LogP contribution in [0, 0.1) is 6.92 Å². The summed E-state index contributed by atoms with van der Waals surface area (Å²) in [6.07, 6.45) is 3.44. The van der Waals surface area contributed by atoms with E-state index in [0.717, 1.165) is 19.4 Å². The van der Waals surface area contributed by atoms with Crippen LogP contribution in [0.15, 0.2) is 22.7 Å². The molecule has 0 aliphatic heterocycles. The third kappa shape index (κ3) is 3.49. The molecule has 2 N–H and O–H groups in total. The third-order valence-corrected chi connectivity index (χ3v) is 3.01. The highest BCUT2D eigenvalue weighted by atomic mass is 79.9. The Bertz CT molecular complexity index is 271. The molecule has 1 aromatic rings. The summed E-state index contributed by atoms with van der Waals surface area (Å²) in [5.74, 6) is 0. The second kappa shape index (κ2) is 5.40. The molecule has 1 aromatic carbocycles. The SMILES string of the molecule is Cc1ccc(CCCCN)cc1Br. The zero-order valence-electron chi connectivity index (χ0n) is 8.02. The molecule has 0 saturated heterocycles. The molecule has 0 radical (unpaired) electrons. The van der Waals surface area contributed by atoms with Gasteiger partial charge in [-0.15, -0.1) is 0 Å². The minimum Gasteiger partial charge on any atom is -0.330 e. The van der Waals surface area contributed by atoms with E-state index in [9.17, 15) is 0 Å². The van der Waals surface area contributed by atoms with Crippen molar-refractivity contribution in [1.29, 1.82) is 0 Å². The summed E-state index contributed by atoms with van der Waals surface area (Å²) in [4.78, 5) is 0. The Hall–Kier alpha value is -0.340. The molecule has 0 bridgehead atoms. The maximum Gasteiger partial charge on any atom is 0.0207 e. The molecule has 0 aliphatic carbocycles. The van der Waals surface area contributed by atoms with Gasteiger partial charge in [0.2, 0.25) is 0 Å². The Morgan fingerprint density at radius 3 is 2.69 bits per heavy atom. The predicted molar refractivity (Wildman–Crippen MR) is 60.9 cm³/mol. The summed E-state index contributed by atoms with van der Waals surface area (Å²) >= 11 is 3.53. The van der Waals surface area contributed by atoms with Gasteiger partial charge in [-0.1, -0.05) is 28.1 Å². The minimum absolute atomic E-state index is 0.799. The van der Waals surface area contributed by atoms with E-state index in [1.54, 1.807) is 0 Å². The summed E-state index contributed by atoms with van der Waals surface area (Å²) in [6, 6.07) is 6.55. The monoisotopic (exact) mass is 241 g/mol. The Morgan fingerprint density at radius 1 is 1.31 bits per heavy atom. The maximum absolute atomic E-state index is 5.44. The van der Waals surface area contributed by atoms with E-state index in [2.05, 4.69) is 41.1 Å². The summed E-state index contributed by atoms with van der Waals surface area (Å²) in [6.45, 7) is 2.90. The third-order valence-electron chi connectivity index (χ3n) is 2.16. The smallest absolute Gasteiger partial charge is 0.0207 e. The molecule has 2 heteroatoms. The molecule has 0 spiro atoms. The van der Waals surface area contributed by atoms with E-state index in [-0.39, 0.29) is 0 Å². The van der Waals surface area contributed by atoms with Gasteiger partial charge in [0, 0.05) is 4.47 Å². The first-order valence-electron chi connectivity index (χ1n) is 4.69. The van der Waals surface area contributed by atoms with Gasteiger partial charge in [0.1, 0.15) is 0 Å². The van der Waals surface area contributed by atoms with Crippen LogP contribution in [0.25, 0.3) is 0 Å². The van der Waals surface area contributed by atoms with Gasteiger partial charge in [-0.05, 0) is 49.9 Å². The Kier molecular flexibility index (Phi) is 4.46. The second-order valence-corrected chi connectivity index (χ2v) is 4.18. The van der Waals surface area contributed by atoms with Crippen molar-refractivity contribution in [3.63, 3.8) is 0 Å². The molecule has 0 aromatic heterocycles. The first-order valence-corrected chi connectivity index (χ1v) is 5.48. The standard InChI is InChI=1S/C11H16BrN/c1-9-5-6-10(8-11(9)12)4-2-3-7-13/h5-6,8H,2-4,7,13H2,1H3. The van der Waals surface area contributed by atoms with Crippen LogP contribution in [-0.4, -0.2) is 6.54 Å². The zero-order valence-corrected chi connectivity index (χ0v) is 9.60. The number of halogens is 1. The van der Waals surface area contributed by atoms with Gasteiger partial charge in [-0.2, -0.15) is 0 Å². The molecule has 0 unspecified atom stereocenters. The van der Waals surface area contributed by atoms with Gasteiger partial charge in [0.15, 0.2) is 0 Å². The second-order valence-electron chi connectivity index (χ2n) is 3.33. The molecule has 72 valence electrons. The van der Waals surface area contributed by atoms with Crippen LogP contribution in [0.4, 0.5) is 0 Å². The highest BCUT2D eigenvalue weighted by Crippen LogP contribution is 2.18. The fourth-order valence-corrected chi connectivity index (χ4v) is 1.69. The first-order chi connectivity index (χ1) is 6.24. The van der Waals surface area contributed by atoms with Crippen molar-refractivity contribution in [1.82, 2.24) is 0 Å². The van der Waals surface area contributed by atoms with E-state index in [1.165, 1.54) is 22.0 Å². The van der Waals surface area contributed by atoms with E-state index >= 15 is 0 Å². The van der Waals surface area contributed by atoms with E-state index in [1.807, 2.05) is 0 Å². The molecular weight excluding hydrogens is 226 g/mol. The van der Waals surface area contributed by atoms with Crippen LogP contribution in [0.2, 0.25) is 0 Å². The molecular formula is C11H16BrN. The van der Waals surface area contributed by atoms with Crippen molar-refractivity contribution < 1.29 is 0 Å². The van der Waals surface area contributed by atoms with Crippen LogP contribution >= 0.6 is 15.9 Å². The first kappa shape index (κ1) is 10.7. The maximum atomic E-state index is 5.44. The summed E-state index contributed by atoms with van der Waals surface area (Å²) in [5, 5.41) is 0. The minimum atomic E-state index is 0.799. The van der Waals surface area contributed by atoms with Crippen LogP contribution < -0.4 is 5.73 Å². The van der Waals surface area contributed by atoms with Crippen molar-refractivity contribution in [3.05, 3.63) is 33.8 Å². The lowest BCUT2D eigenvalue weighted by molar-refractivity contribution is 0.744. The van der Waals surface area contributed by atoms with Crippen molar-refractivity contribution in [3.8, 4) is 0 Å². The van der Waals surface area contributed by atoms with Crippen LogP contribution in [0.3, 0.4) is 0 Å². The number of benzene rings is 1. The number of aryl methyl sites for hydroxylation is 2. The largest absolute Gasteiger partial charge is 0.330 e. The van der Waals surface area contributed by atoms with E-state index < -0.39 is 0 Å². The average Bonchev–Trinajstić information content (AvgIpc) is 2.12. The molecule has 0 heterocycles. The lowest BCUT2D eigenvalue weighted by atomic mass is 10.1. The van der Waals surface area contributed by atoms with Crippen LogP contribution in [-0.2, 0) is 6.42 Å². The fourth-order valence-electron chi connectivity index (χ4n) is 1.27. The van der Waals surface area contributed by atoms with Crippen molar-refractivity contribution in [2.24, 2.45) is 5.73 Å². The average molecular weight is 242 g/mol. The van der Waals surface area contributed by atoms with Gasteiger partial charge >= 0.3 is 0 Å². The molecule has 0 amide bonds. The van der Waals surface area contributed by atoms with Gasteiger partial charge in [0.25, 0.3) is 0 Å². The topological polar surface area (TPSA) is 26.0 Å². The molecule has 1 rings (SSSR count). The molecule has 0 fully saturated rings. The zero-order chi connectivity index (χ0) is 9.68. The fraction of sp³-hybridized carbons (Fsp3) is 0.455. The number of hydrogen-bond acceptors (Lipinski definition) is 1. The van der Waals surface area contributed by atoms with Gasteiger partial charge < -0.3 is 5.73 Å². The summed E-state index contributed by atoms with van der Waals surface area (Å²) < 4.78 is 1.21. The highest BCUT2D eigenvalue weighted by Gasteiger charge is 1.96. The van der Waals surface area contributed by atoms with Crippen molar-refractivity contribution in [2.45, 2.75) is 26.2 Å². The number of unbranched alkanes of at least 4 members (excludes halogenated alkanes) is 1. The molecule has 0 saturated carbocycles. The Labute approximate surface area is 88.5 Å². The van der Waals surface area contributed by atoms with Gasteiger partial charge in [-0.25, -0.2) is 0 Å². The lowest BCUT2D eigenvalue weighted by Gasteiger charge is -2.03. The number of hydrogen-bond donors (Lipinski definition) is 1. The Morgan fingerprint density at radius 2 is 2.08 bits per heavy atom. The lowest BCUT2D eigenvalue weighted by Crippen LogP contribution is -1.99. The molecule has 13 heavy (non-hydrogen) atoms. The van der Waals surface area contributed by atoms with E-state index in [0.29, 0.717) is 0 Å². The highest BCUT2D eigenvalue weighted by molar-refractivity contribution is 9.10. The van der Waals surface area contributed by atoms with Gasteiger partial charge in [-0.3, -0.25) is 0 Å². The number of nitrogens with two attached hydrogens (primary N) is 1. The number of rotatable bonds is 4. The Balaban J connectivity index is 2.53. The van der Waals surface area contributed by atoms with Crippen LogP contribution in [0.1, 0.15) is 24.0 Å². The normalized spacial score (nSPS) is 10.4. The summed E-state index contributed by atoms with van der Waals surface area (Å²) in [7, 11) is 0. The van der Waals surface area contributed by atoms with Crippen molar-refractivity contribution in [2.75, 3.05) is 6.54 Å². The predicted octanol–water partition coefficient (Wildman–Crippen LogP) is 3.04. The van der Waals surface area contributed by atoms with Crippen LogP contribution in [0.5, 0.6) is 0 Å². The molecule has 0 aliphatic rings. The summed E-state index contributed by atoms with van der Waals surface area (Å²) in [5.41, 5.74) is 8.13. The molecule has 1 nitrogen and oxygen atoms in total. The van der Waals surface area contributed by atoms with E-state index in [4.69, 9.17) is 5.73 Å². The van der Waals surface area contributed by atoms with Crippen molar-refractivity contribution >= 4 is 15.9 Å². The quantitative estimate of drug-likeness (QED) is 0.807.